The first-order valence-electron chi connectivity index (χ1n) is 8.43. The van der Waals surface area contributed by atoms with Crippen LogP contribution in [-0.2, 0) is 11.2 Å². The monoisotopic (exact) mass is 339 g/mol. The highest BCUT2D eigenvalue weighted by molar-refractivity contribution is 5.97. The maximum Gasteiger partial charge on any atom is 0.244 e. The van der Waals surface area contributed by atoms with Gasteiger partial charge < -0.3 is 0 Å². The third kappa shape index (κ3) is 3.30. The average molecular weight is 339 g/mol. The SMILES string of the molecule is O=C(Cc1cccc2ccccc12)N/N=C/c1cccc2cccnc12. The molecule has 0 spiro atoms. The van der Waals surface area contributed by atoms with E-state index in [9.17, 15) is 4.79 Å². The molecule has 0 aliphatic carbocycles. The van der Waals surface area contributed by atoms with Gasteiger partial charge in [0.25, 0.3) is 0 Å². The number of pyridine rings is 1. The van der Waals surface area contributed by atoms with E-state index in [1.165, 1.54) is 0 Å². The van der Waals surface area contributed by atoms with Gasteiger partial charge in [-0.2, -0.15) is 5.10 Å². The molecule has 0 bridgehead atoms. The maximum atomic E-state index is 12.3. The first-order chi connectivity index (χ1) is 12.8. The number of para-hydroxylation sites is 1. The lowest BCUT2D eigenvalue weighted by Crippen LogP contribution is -2.19. The third-order valence-electron chi connectivity index (χ3n) is 4.29. The van der Waals surface area contributed by atoms with E-state index in [-0.39, 0.29) is 12.3 Å². The highest BCUT2D eigenvalue weighted by Gasteiger charge is 2.06. The van der Waals surface area contributed by atoms with E-state index in [0.29, 0.717) is 0 Å². The predicted octanol–water partition coefficient (Wildman–Crippen LogP) is 4.08. The second-order valence-electron chi connectivity index (χ2n) is 6.03. The molecular weight excluding hydrogens is 322 g/mol. The van der Waals surface area contributed by atoms with Crippen molar-refractivity contribution < 1.29 is 4.79 Å². The van der Waals surface area contributed by atoms with Crippen molar-refractivity contribution in [3.63, 3.8) is 0 Å². The molecule has 1 aromatic heterocycles. The molecule has 0 unspecified atom stereocenters. The minimum absolute atomic E-state index is 0.147. The highest BCUT2D eigenvalue weighted by atomic mass is 16.2. The summed E-state index contributed by atoms with van der Waals surface area (Å²) in [7, 11) is 0. The van der Waals surface area contributed by atoms with Gasteiger partial charge in [-0.05, 0) is 22.4 Å². The average Bonchev–Trinajstić information content (AvgIpc) is 2.68. The van der Waals surface area contributed by atoms with Crippen molar-refractivity contribution in [3.8, 4) is 0 Å². The maximum absolute atomic E-state index is 12.3. The summed E-state index contributed by atoms with van der Waals surface area (Å²) in [6.07, 6.45) is 3.67. The molecule has 0 fully saturated rings. The van der Waals surface area contributed by atoms with Crippen molar-refractivity contribution >= 4 is 33.8 Å². The number of fused-ring (bicyclic) bond motifs is 2. The van der Waals surface area contributed by atoms with E-state index in [2.05, 4.69) is 15.5 Å². The number of hydrazone groups is 1. The number of benzene rings is 3. The molecule has 0 radical (unpaired) electrons. The molecular formula is C22H17N3O. The molecule has 0 saturated carbocycles. The summed E-state index contributed by atoms with van der Waals surface area (Å²) in [6, 6.07) is 23.8. The van der Waals surface area contributed by atoms with Crippen molar-refractivity contribution in [2.24, 2.45) is 5.10 Å². The van der Waals surface area contributed by atoms with Gasteiger partial charge in [0.2, 0.25) is 5.91 Å². The van der Waals surface area contributed by atoms with Crippen LogP contribution in [0, 0.1) is 0 Å². The van der Waals surface area contributed by atoms with Gasteiger partial charge in [-0.15, -0.1) is 0 Å². The Morgan fingerprint density at radius 3 is 2.65 bits per heavy atom. The van der Waals surface area contributed by atoms with Crippen LogP contribution in [0.3, 0.4) is 0 Å². The van der Waals surface area contributed by atoms with Gasteiger partial charge in [0, 0.05) is 17.1 Å². The zero-order valence-corrected chi connectivity index (χ0v) is 14.1. The fourth-order valence-corrected chi connectivity index (χ4v) is 3.06. The molecule has 1 N–H and O–H groups in total. The van der Waals surface area contributed by atoms with Crippen molar-refractivity contribution in [2.45, 2.75) is 6.42 Å². The summed E-state index contributed by atoms with van der Waals surface area (Å²) in [5, 5.41) is 7.36. The van der Waals surface area contributed by atoms with Gasteiger partial charge >= 0.3 is 0 Å². The Morgan fingerprint density at radius 2 is 1.69 bits per heavy atom. The molecule has 126 valence electrons. The number of aromatic nitrogens is 1. The van der Waals surface area contributed by atoms with Gasteiger partial charge in [0.1, 0.15) is 0 Å². The van der Waals surface area contributed by atoms with Crippen LogP contribution in [0.2, 0.25) is 0 Å². The van der Waals surface area contributed by atoms with Gasteiger partial charge in [-0.25, -0.2) is 5.43 Å². The van der Waals surface area contributed by atoms with Crippen LogP contribution in [-0.4, -0.2) is 17.1 Å². The van der Waals surface area contributed by atoms with Gasteiger partial charge in [0.05, 0.1) is 18.2 Å². The fraction of sp³-hybridized carbons (Fsp3) is 0.0455. The first-order valence-corrected chi connectivity index (χ1v) is 8.43. The zero-order chi connectivity index (χ0) is 17.8. The molecule has 1 amide bonds. The normalized spacial score (nSPS) is 11.2. The smallest absolute Gasteiger partial charge is 0.244 e. The van der Waals surface area contributed by atoms with E-state index >= 15 is 0 Å². The van der Waals surface area contributed by atoms with Gasteiger partial charge in [0.15, 0.2) is 0 Å². The number of carbonyl (C=O) groups is 1. The molecule has 0 atom stereocenters. The summed E-state index contributed by atoms with van der Waals surface area (Å²) in [5.74, 6) is -0.147. The van der Waals surface area contributed by atoms with Crippen molar-refractivity contribution in [1.29, 1.82) is 0 Å². The number of amides is 1. The topological polar surface area (TPSA) is 54.4 Å². The molecule has 4 heteroatoms. The lowest BCUT2D eigenvalue weighted by molar-refractivity contribution is -0.120. The van der Waals surface area contributed by atoms with Crippen LogP contribution in [0.25, 0.3) is 21.7 Å². The third-order valence-corrected chi connectivity index (χ3v) is 4.29. The zero-order valence-electron chi connectivity index (χ0n) is 14.1. The second kappa shape index (κ2) is 7.15. The predicted molar refractivity (Wildman–Crippen MR) is 105 cm³/mol. The van der Waals surface area contributed by atoms with Crippen molar-refractivity contribution in [3.05, 3.63) is 90.1 Å². The Morgan fingerprint density at radius 1 is 0.923 bits per heavy atom. The number of carbonyl (C=O) groups excluding carboxylic acids is 1. The molecule has 0 saturated heterocycles. The quantitative estimate of drug-likeness (QED) is 0.450. The minimum atomic E-state index is -0.147. The lowest BCUT2D eigenvalue weighted by Gasteiger charge is -2.05. The standard InChI is InChI=1S/C22H17N3O/c26-21(14-18-9-3-7-16-6-1-2-12-20(16)18)25-24-15-19-10-4-8-17-11-5-13-23-22(17)19/h1-13,15H,14H2,(H,25,26)/b24-15+. The molecule has 0 aliphatic heterocycles. The van der Waals surface area contributed by atoms with E-state index in [1.807, 2.05) is 72.8 Å². The molecule has 0 aliphatic rings. The van der Waals surface area contributed by atoms with Crippen molar-refractivity contribution in [2.75, 3.05) is 0 Å². The Balaban J connectivity index is 1.49. The second-order valence-corrected chi connectivity index (χ2v) is 6.03. The summed E-state index contributed by atoms with van der Waals surface area (Å²) >= 11 is 0. The van der Waals surface area contributed by atoms with Gasteiger partial charge in [-0.1, -0.05) is 66.7 Å². The first kappa shape index (κ1) is 16.0. The molecule has 1 heterocycles. The number of hydrogen-bond donors (Lipinski definition) is 1. The number of rotatable bonds is 4. The summed E-state index contributed by atoms with van der Waals surface area (Å²) in [4.78, 5) is 16.6. The van der Waals surface area contributed by atoms with E-state index < -0.39 is 0 Å². The van der Waals surface area contributed by atoms with Crippen LogP contribution in [0.15, 0.2) is 84.1 Å². The van der Waals surface area contributed by atoms with E-state index in [4.69, 9.17) is 0 Å². The van der Waals surface area contributed by atoms with Gasteiger partial charge in [-0.3, -0.25) is 9.78 Å². The molecule has 26 heavy (non-hydrogen) atoms. The lowest BCUT2D eigenvalue weighted by atomic mass is 10.0. The molecule has 4 aromatic rings. The Bertz CT molecular complexity index is 1110. The van der Waals surface area contributed by atoms with Crippen LogP contribution in [0.4, 0.5) is 0 Å². The number of nitrogens with one attached hydrogen (secondary N) is 1. The molecule has 4 nitrogen and oxygen atoms in total. The summed E-state index contributed by atoms with van der Waals surface area (Å²) in [5.41, 5.74) is 5.33. The number of hydrogen-bond acceptors (Lipinski definition) is 3. The summed E-state index contributed by atoms with van der Waals surface area (Å²) < 4.78 is 0. The van der Waals surface area contributed by atoms with Crippen LogP contribution in [0.5, 0.6) is 0 Å². The Labute approximate surface area is 151 Å². The van der Waals surface area contributed by atoms with Crippen LogP contribution >= 0.6 is 0 Å². The van der Waals surface area contributed by atoms with E-state index in [0.717, 1.165) is 32.8 Å². The van der Waals surface area contributed by atoms with E-state index in [1.54, 1.807) is 12.4 Å². The van der Waals surface area contributed by atoms with Crippen molar-refractivity contribution in [1.82, 2.24) is 10.4 Å². The largest absolute Gasteiger partial charge is 0.273 e. The minimum Gasteiger partial charge on any atom is -0.273 e. The van der Waals surface area contributed by atoms with Crippen LogP contribution in [0.1, 0.15) is 11.1 Å². The fourth-order valence-electron chi connectivity index (χ4n) is 3.06. The Kier molecular flexibility index (Phi) is 4.39. The molecule has 4 rings (SSSR count). The highest BCUT2D eigenvalue weighted by Crippen LogP contribution is 2.19. The van der Waals surface area contributed by atoms with Crippen LogP contribution < -0.4 is 5.43 Å². The molecule has 3 aromatic carbocycles. The number of nitrogens with zero attached hydrogens (tertiary/aromatic N) is 2. The Hall–Kier alpha value is -3.53. The summed E-state index contributed by atoms with van der Waals surface area (Å²) in [6.45, 7) is 0.